The molecule has 4 aromatic rings. The van der Waals surface area contributed by atoms with Crippen molar-refractivity contribution in [2.75, 3.05) is 0 Å². The molecule has 0 spiro atoms. The first-order chi connectivity index (χ1) is 9.38. The monoisotopic (exact) mass is 258 g/mol. The highest BCUT2D eigenvalue weighted by Gasteiger charge is 2.10. The van der Waals surface area contributed by atoms with Gasteiger partial charge in [0.1, 0.15) is 0 Å². The van der Waals surface area contributed by atoms with Crippen LogP contribution in [0.5, 0.6) is 0 Å². The topological polar surface area (TPSA) is 36.4 Å². The van der Waals surface area contributed by atoms with E-state index < -0.39 is 0 Å². The second-order valence-corrected chi connectivity index (χ2v) is 4.76. The predicted molar refractivity (Wildman–Crippen MR) is 85.7 cm³/mol. The molecule has 20 heavy (non-hydrogen) atoms. The van der Waals surface area contributed by atoms with Crippen LogP contribution < -0.4 is 0 Å². The van der Waals surface area contributed by atoms with Gasteiger partial charge in [-0.2, -0.15) is 4.79 Å². The summed E-state index contributed by atoms with van der Waals surface area (Å²) in [6, 6.07) is 18.9. The van der Waals surface area contributed by atoms with Crippen LogP contribution in [-0.4, -0.2) is 11.0 Å². The number of hydrogen-bond acceptors (Lipinski definition) is 0. The van der Waals surface area contributed by atoms with Crippen LogP contribution in [0.15, 0.2) is 54.6 Å². The lowest BCUT2D eigenvalue weighted by atomic mass is 9.92. The molecule has 0 unspecified atom stereocenters. The van der Waals surface area contributed by atoms with Gasteiger partial charge in [-0.15, -0.1) is 0 Å². The van der Waals surface area contributed by atoms with Gasteiger partial charge in [0, 0.05) is 0 Å². The van der Waals surface area contributed by atoms with Crippen LogP contribution in [0.4, 0.5) is 0 Å². The smallest absolute Gasteiger partial charge is 0.288 e. The Morgan fingerprint density at radius 2 is 1.35 bits per heavy atom. The van der Waals surface area contributed by atoms with Crippen LogP contribution in [0, 0.1) is 0 Å². The fraction of sp³-hybridized carbons (Fsp3) is 0.0556. The van der Waals surface area contributed by atoms with Gasteiger partial charge in [0.15, 0.2) is 0 Å². The molecule has 0 aliphatic carbocycles. The Bertz CT molecular complexity index is 947. The van der Waals surface area contributed by atoms with Crippen molar-refractivity contribution in [3.63, 3.8) is 0 Å². The summed E-state index contributed by atoms with van der Waals surface area (Å²) in [4.78, 5) is 3.16. The molecule has 0 aliphatic rings. The zero-order chi connectivity index (χ0) is 12.8. The van der Waals surface area contributed by atoms with Crippen LogP contribution in [0.25, 0.3) is 37.8 Å². The highest BCUT2D eigenvalue weighted by molar-refractivity contribution is 6.25. The summed E-state index contributed by atoms with van der Waals surface area (Å²) in [5, 5.41) is 7.36. The van der Waals surface area contributed by atoms with Crippen molar-refractivity contribution >= 4 is 38.5 Å². The molecule has 0 radical (unpaired) electrons. The Balaban J connectivity index is 0.00000121. The summed E-state index contributed by atoms with van der Waals surface area (Å²) in [5.74, 6) is 0. The van der Waals surface area contributed by atoms with Gasteiger partial charge in [0.05, 0.1) is 5.56 Å². The molecular weight excluding hydrogens is 244 g/mol. The van der Waals surface area contributed by atoms with Gasteiger partial charge in [-0.05, 0) is 38.4 Å². The zero-order valence-corrected chi connectivity index (χ0v) is 10.2. The molecular formula is C18H14N2. The lowest BCUT2D eigenvalue weighted by Gasteiger charge is -2.10. The largest absolute Gasteiger partial charge is 0.361 e. The molecule has 4 aromatic carbocycles. The van der Waals surface area contributed by atoms with Crippen LogP contribution in [-0.2, 0) is 0 Å². The molecule has 0 saturated carbocycles. The van der Waals surface area contributed by atoms with E-state index in [9.17, 15) is 0 Å². The van der Waals surface area contributed by atoms with Gasteiger partial charge in [-0.1, -0.05) is 56.0 Å². The van der Waals surface area contributed by atoms with Crippen molar-refractivity contribution in [3.8, 4) is 0 Å². The molecule has 0 aliphatic heterocycles. The Labute approximate surface area is 117 Å². The van der Waals surface area contributed by atoms with Crippen molar-refractivity contribution in [1.82, 2.24) is 0 Å². The SMILES string of the molecule is C.[N-]=[N+]=Cc1ccc2ccc3cccc4ccc1c2c34. The molecule has 0 fully saturated rings. The standard InChI is InChI=1S/C17H10N2.CH4/c18-19-10-14-7-6-13-5-4-11-2-1-3-12-8-9-15(14)17(13)16(11)12;/h1-10H;1H4. The average molecular weight is 258 g/mol. The van der Waals surface area contributed by atoms with E-state index in [0.717, 1.165) is 10.9 Å². The minimum atomic E-state index is 0. The summed E-state index contributed by atoms with van der Waals surface area (Å²) in [7, 11) is 0. The van der Waals surface area contributed by atoms with Crippen LogP contribution in [0.1, 0.15) is 13.0 Å². The number of nitrogens with zero attached hydrogens (tertiary/aromatic N) is 2. The highest BCUT2D eigenvalue weighted by Crippen LogP contribution is 2.35. The van der Waals surface area contributed by atoms with Gasteiger partial charge in [0.2, 0.25) is 0 Å². The van der Waals surface area contributed by atoms with Crippen molar-refractivity contribution in [3.05, 3.63) is 65.7 Å². The molecule has 2 nitrogen and oxygen atoms in total. The minimum absolute atomic E-state index is 0. The minimum Gasteiger partial charge on any atom is -0.361 e. The van der Waals surface area contributed by atoms with E-state index in [-0.39, 0.29) is 7.43 Å². The fourth-order valence-electron chi connectivity index (χ4n) is 2.93. The molecule has 0 amide bonds. The lowest BCUT2D eigenvalue weighted by molar-refractivity contribution is 0.00467. The maximum Gasteiger partial charge on any atom is 0.288 e. The molecule has 0 saturated heterocycles. The molecule has 4 rings (SSSR count). The summed E-state index contributed by atoms with van der Waals surface area (Å²) < 4.78 is 0. The first-order valence-corrected chi connectivity index (χ1v) is 6.22. The summed E-state index contributed by atoms with van der Waals surface area (Å²) in [5.41, 5.74) is 9.72. The highest BCUT2D eigenvalue weighted by atomic mass is 14.8. The van der Waals surface area contributed by atoms with Crippen LogP contribution in [0.2, 0.25) is 0 Å². The molecule has 0 aromatic heterocycles. The third kappa shape index (κ3) is 1.52. The second kappa shape index (κ2) is 4.44. The number of rotatable bonds is 1. The van der Waals surface area contributed by atoms with E-state index in [1.165, 1.54) is 33.1 Å². The Kier molecular flexibility index (Phi) is 2.74. The van der Waals surface area contributed by atoms with Crippen molar-refractivity contribution in [1.29, 1.82) is 0 Å². The maximum absolute atomic E-state index is 8.79. The zero-order valence-electron chi connectivity index (χ0n) is 10.2. The van der Waals surface area contributed by atoms with Crippen molar-refractivity contribution < 1.29 is 4.79 Å². The molecule has 96 valence electrons. The summed E-state index contributed by atoms with van der Waals surface area (Å²) in [6.45, 7) is 0. The van der Waals surface area contributed by atoms with Gasteiger partial charge in [-0.3, -0.25) is 0 Å². The molecule has 0 heterocycles. The average Bonchev–Trinajstić information content (AvgIpc) is 2.46. The van der Waals surface area contributed by atoms with Crippen LogP contribution in [0.3, 0.4) is 0 Å². The summed E-state index contributed by atoms with van der Waals surface area (Å²) in [6.07, 6.45) is 1.49. The number of benzene rings is 4. The van der Waals surface area contributed by atoms with Gasteiger partial charge >= 0.3 is 0 Å². The fourth-order valence-corrected chi connectivity index (χ4v) is 2.93. The predicted octanol–water partition coefficient (Wildman–Crippen LogP) is 4.87. The second-order valence-electron chi connectivity index (χ2n) is 4.76. The van der Waals surface area contributed by atoms with Crippen molar-refractivity contribution in [2.45, 2.75) is 7.43 Å². The van der Waals surface area contributed by atoms with Crippen molar-refractivity contribution in [2.24, 2.45) is 0 Å². The quantitative estimate of drug-likeness (QED) is 0.202. The van der Waals surface area contributed by atoms with Gasteiger partial charge < -0.3 is 5.53 Å². The van der Waals surface area contributed by atoms with E-state index in [2.05, 4.69) is 53.3 Å². The Hall–Kier alpha value is -2.70. The Morgan fingerprint density at radius 1 is 0.750 bits per heavy atom. The first-order valence-electron chi connectivity index (χ1n) is 6.22. The normalized spacial score (nSPS) is 10.6. The summed E-state index contributed by atoms with van der Waals surface area (Å²) >= 11 is 0. The lowest BCUT2D eigenvalue weighted by Crippen LogP contribution is -1.89. The van der Waals surface area contributed by atoms with E-state index in [4.69, 9.17) is 5.53 Å². The molecule has 2 heteroatoms. The van der Waals surface area contributed by atoms with E-state index in [1.807, 2.05) is 6.07 Å². The van der Waals surface area contributed by atoms with Gasteiger partial charge in [0.25, 0.3) is 6.21 Å². The van der Waals surface area contributed by atoms with E-state index >= 15 is 0 Å². The van der Waals surface area contributed by atoms with Gasteiger partial charge in [-0.25, -0.2) is 0 Å². The number of hydrogen-bond donors (Lipinski definition) is 0. The van der Waals surface area contributed by atoms with E-state index in [1.54, 1.807) is 0 Å². The molecule has 0 N–H and O–H groups in total. The van der Waals surface area contributed by atoms with E-state index in [0.29, 0.717) is 0 Å². The molecule has 0 bridgehead atoms. The Morgan fingerprint density at radius 3 is 2.05 bits per heavy atom. The molecule has 0 atom stereocenters. The third-order valence-corrected chi connectivity index (χ3v) is 3.76. The first kappa shape index (κ1) is 12.3. The third-order valence-electron chi connectivity index (χ3n) is 3.76. The van der Waals surface area contributed by atoms with Crippen LogP contribution >= 0.6 is 0 Å². The maximum atomic E-state index is 8.79.